The van der Waals surface area contributed by atoms with Gasteiger partial charge >= 0.3 is 5.97 Å². The molecule has 1 saturated carbocycles. The van der Waals surface area contributed by atoms with Crippen molar-refractivity contribution in [2.24, 2.45) is 23.7 Å². The molecule has 8 heteroatoms. The van der Waals surface area contributed by atoms with Gasteiger partial charge in [-0.2, -0.15) is 0 Å². The van der Waals surface area contributed by atoms with E-state index in [0.717, 1.165) is 24.8 Å². The van der Waals surface area contributed by atoms with Crippen molar-refractivity contribution in [2.45, 2.75) is 39.5 Å². The Balaban J connectivity index is 1.24. The van der Waals surface area contributed by atoms with E-state index < -0.39 is 11.9 Å². The highest BCUT2D eigenvalue weighted by molar-refractivity contribution is 6.31. The summed E-state index contributed by atoms with van der Waals surface area (Å²) in [6, 6.07) is 11.8. The van der Waals surface area contributed by atoms with Gasteiger partial charge in [-0.05, 0) is 74.1 Å². The first-order chi connectivity index (χ1) is 16.7. The number of esters is 1. The molecule has 0 unspecified atom stereocenters. The molecule has 7 nitrogen and oxygen atoms in total. The van der Waals surface area contributed by atoms with E-state index >= 15 is 0 Å². The standard InChI is InChI=1S/C27H27ClN2O5/c1-15-3-10-21-22(11-15)26(33)30(25(21)32)18-6-8-20(9-7-18)35-27(34)17-12-24(31)29(14-17)19-5-4-16(2)23(28)13-19/h4-9,13,15,17,21-22H,3,10-12,14H2,1-2H3/t15-,17-,21-,22-/m1/s1. The van der Waals surface area contributed by atoms with Crippen LogP contribution in [0.2, 0.25) is 5.02 Å². The molecule has 2 aromatic carbocycles. The largest absolute Gasteiger partial charge is 0.426 e. The summed E-state index contributed by atoms with van der Waals surface area (Å²) in [4.78, 5) is 53.9. The topological polar surface area (TPSA) is 84.0 Å². The SMILES string of the molecule is Cc1ccc(N2C[C@H](C(=O)Oc3ccc(N4C(=O)[C@@H]5CC[C@@H](C)C[C@H]5C4=O)cc3)CC2=O)cc1Cl. The molecule has 0 aromatic heterocycles. The number of carbonyl (C=O) groups excluding carboxylic acids is 4. The van der Waals surface area contributed by atoms with Crippen LogP contribution in [-0.2, 0) is 19.2 Å². The molecule has 3 amide bonds. The third-order valence-electron chi connectivity index (χ3n) is 7.43. The number of ether oxygens (including phenoxy) is 1. The zero-order chi connectivity index (χ0) is 24.9. The second kappa shape index (κ2) is 9.11. The lowest BCUT2D eigenvalue weighted by Gasteiger charge is -2.25. The summed E-state index contributed by atoms with van der Waals surface area (Å²) >= 11 is 6.19. The number of amides is 3. The fourth-order valence-electron chi connectivity index (χ4n) is 5.37. The van der Waals surface area contributed by atoms with Crippen LogP contribution >= 0.6 is 11.6 Å². The van der Waals surface area contributed by atoms with E-state index in [1.165, 1.54) is 4.90 Å². The first-order valence-electron chi connectivity index (χ1n) is 12.0. The monoisotopic (exact) mass is 494 g/mol. The van der Waals surface area contributed by atoms with Gasteiger partial charge in [0.25, 0.3) is 0 Å². The number of aryl methyl sites for hydroxylation is 1. The minimum atomic E-state index is -0.603. The Morgan fingerprint density at radius 2 is 1.66 bits per heavy atom. The minimum absolute atomic E-state index is 0.0559. The zero-order valence-corrected chi connectivity index (χ0v) is 20.5. The Kier molecular flexibility index (Phi) is 6.13. The number of rotatable bonds is 4. The molecule has 0 spiro atoms. The van der Waals surface area contributed by atoms with E-state index in [9.17, 15) is 19.2 Å². The summed E-state index contributed by atoms with van der Waals surface area (Å²) in [7, 11) is 0. The summed E-state index contributed by atoms with van der Waals surface area (Å²) in [5.74, 6) is -1.28. The molecule has 3 fully saturated rings. The van der Waals surface area contributed by atoms with E-state index in [1.807, 2.05) is 19.1 Å². The Bertz CT molecular complexity index is 1210. The van der Waals surface area contributed by atoms with Crippen molar-refractivity contribution >= 4 is 46.7 Å². The highest BCUT2D eigenvalue weighted by atomic mass is 35.5. The molecule has 0 bridgehead atoms. The molecule has 2 heterocycles. The van der Waals surface area contributed by atoms with Gasteiger partial charge in [0.1, 0.15) is 5.75 Å². The molecule has 2 aliphatic heterocycles. The van der Waals surface area contributed by atoms with Gasteiger partial charge in [0, 0.05) is 23.7 Å². The average molecular weight is 495 g/mol. The number of fused-ring (bicyclic) bond motifs is 1. The van der Waals surface area contributed by atoms with E-state index in [1.54, 1.807) is 35.2 Å². The van der Waals surface area contributed by atoms with Crippen molar-refractivity contribution in [1.29, 1.82) is 0 Å². The molecule has 2 aromatic rings. The lowest BCUT2D eigenvalue weighted by Crippen LogP contribution is -2.30. The van der Waals surface area contributed by atoms with E-state index in [4.69, 9.17) is 16.3 Å². The van der Waals surface area contributed by atoms with E-state index in [0.29, 0.717) is 28.1 Å². The Morgan fingerprint density at radius 3 is 2.37 bits per heavy atom. The van der Waals surface area contributed by atoms with Crippen LogP contribution in [-0.4, -0.2) is 30.2 Å². The van der Waals surface area contributed by atoms with Crippen molar-refractivity contribution in [3.8, 4) is 5.75 Å². The number of hydrogen-bond donors (Lipinski definition) is 0. The lowest BCUT2D eigenvalue weighted by atomic mass is 9.76. The summed E-state index contributed by atoms with van der Waals surface area (Å²) < 4.78 is 5.52. The first kappa shape index (κ1) is 23.5. The van der Waals surface area contributed by atoms with Crippen molar-refractivity contribution in [2.75, 3.05) is 16.3 Å². The van der Waals surface area contributed by atoms with E-state index in [2.05, 4.69) is 6.92 Å². The number of benzene rings is 2. The Morgan fingerprint density at radius 1 is 0.971 bits per heavy atom. The van der Waals surface area contributed by atoms with Crippen LogP contribution in [0, 0.1) is 30.6 Å². The van der Waals surface area contributed by atoms with Crippen LogP contribution in [0.4, 0.5) is 11.4 Å². The maximum absolute atomic E-state index is 12.9. The first-order valence-corrected chi connectivity index (χ1v) is 12.4. The maximum Gasteiger partial charge on any atom is 0.316 e. The van der Waals surface area contributed by atoms with Crippen LogP contribution in [0.1, 0.15) is 38.2 Å². The van der Waals surface area contributed by atoms with E-state index in [-0.39, 0.29) is 42.5 Å². The smallest absolute Gasteiger partial charge is 0.316 e. The molecule has 182 valence electrons. The van der Waals surface area contributed by atoms with Crippen LogP contribution in [0.5, 0.6) is 5.75 Å². The maximum atomic E-state index is 12.9. The Labute approximate surface area is 209 Å². The number of imide groups is 1. The third kappa shape index (κ3) is 4.33. The van der Waals surface area contributed by atoms with Crippen molar-refractivity contribution in [3.05, 3.63) is 53.1 Å². The summed E-state index contributed by atoms with van der Waals surface area (Å²) in [5, 5.41) is 0.560. The van der Waals surface area contributed by atoms with Gasteiger partial charge in [0.15, 0.2) is 0 Å². The van der Waals surface area contributed by atoms with Gasteiger partial charge in [-0.1, -0.05) is 24.6 Å². The van der Waals surface area contributed by atoms with Crippen molar-refractivity contribution < 1.29 is 23.9 Å². The number of nitrogens with zero attached hydrogens (tertiary/aromatic N) is 2. The van der Waals surface area contributed by atoms with Gasteiger partial charge < -0.3 is 9.64 Å². The summed E-state index contributed by atoms with van der Waals surface area (Å²) in [6.07, 6.45) is 2.50. The number of hydrogen-bond acceptors (Lipinski definition) is 5. The predicted octanol–water partition coefficient (Wildman–Crippen LogP) is 4.53. The van der Waals surface area contributed by atoms with Crippen LogP contribution in [0.15, 0.2) is 42.5 Å². The molecule has 35 heavy (non-hydrogen) atoms. The molecular weight excluding hydrogens is 468 g/mol. The molecule has 5 rings (SSSR count). The molecule has 0 radical (unpaired) electrons. The van der Waals surface area contributed by atoms with Gasteiger partial charge in [-0.15, -0.1) is 0 Å². The van der Waals surface area contributed by atoms with Gasteiger partial charge in [-0.25, -0.2) is 0 Å². The molecular formula is C27H27ClN2O5. The summed E-state index contributed by atoms with van der Waals surface area (Å²) in [5.41, 5.74) is 2.05. The lowest BCUT2D eigenvalue weighted by molar-refractivity contribution is -0.139. The number of halogens is 1. The normalized spacial score (nSPS) is 26.3. The minimum Gasteiger partial charge on any atom is -0.426 e. The molecule has 4 atom stereocenters. The number of carbonyl (C=O) groups is 4. The van der Waals surface area contributed by atoms with Crippen LogP contribution in [0.25, 0.3) is 0 Å². The van der Waals surface area contributed by atoms with Crippen LogP contribution < -0.4 is 14.5 Å². The predicted molar refractivity (Wildman–Crippen MR) is 131 cm³/mol. The van der Waals surface area contributed by atoms with Crippen molar-refractivity contribution in [1.82, 2.24) is 0 Å². The highest BCUT2D eigenvalue weighted by Crippen LogP contribution is 2.42. The fraction of sp³-hybridized carbons (Fsp3) is 0.407. The van der Waals surface area contributed by atoms with Crippen molar-refractivity contribution in [3.63, 3.8) is 0 Å². The van der Waals surface area contributed by atoms with Gasteiger partial charge in [0.05, 0.1) is 23.4 Å². The average Bonchev–Trinajstić information content (AvgIpc) is 3.34. The molecule has 1 aliphatic carbocycles. The molecule has 0 N–H and O–H groups in total. The third-order valence-corrected chi connectivity index (χ3v) is 7.83. The van der Waals surface area contributed by atoms with Crippen LogP contribution in [0.3, 0.4) is 0 Å². The highest BCUT2D eigenvalue weighted by Gasteiger charge is 2.50. The fourth-order valence-corrected chi connectivity index (χ4v) is 5.55. The second-order valence-electron chi connectivity index (χ2n) is 9.90. The molecule has 2 saturated heterocycles. The van der Waals surface area contributed by atoms with Gasteiger partial charge in [0.2, 0.25) is 17.7 Å². The number of anilines is 2. The zero-order valence-electron chi connectivity index (χ0n) is 19.7. The molecule has 3 aliphatic rings. The van der Waals surface area contributed by atoms with Gasteiger partial charge in [-0.3, -0.25) is 24.1 Å². The quantitative estimate of drug-likeness (QED) is 0.354. The summed E-state index contributed by atoms with van der Waals surface area (Å²) in [6.45, 7) is 4.21. The Hall–Kier alpha value is -3.19. The second-order valence-corrected chi connectivity index (χ2v) is 10.3.